The number of nitrogens with one attached hydrogen (secondary N) is 1. The van der Waals surface area contributed by atoms with Crippen molar-refractivity contribution in [1.82, 2.24) is 10.3 Å². The first kappa shape index (κ1) is 11.9. The molecule has 0 aliphatic rings. The number of aryl methyl sites for hydroxylation is 1. The summed E-state index contributed by atoms with van der Waals surface area (Å²) in [6, 6.07) is 10.4. The molecule has 2 rings (SSSR count). The zero-order valence-electron chi connectivity index (χ0n) is 10.7. The predicted octanol–water partition coefficient (Wildman–Crippen LogP) is 2.20. The van der Waals surface area contributed by atoms with Crippen LogP contribution < -0.4 is 10.2 Å². The number of benzene rings is 1. The van der Waals surface area contributed by atoms with E-state index in [1.165, 1.54) is 11.1 Å². The Morgan fingerprint density at radius 1 is 1.29 bits per heavy atom. The molecule has 0 radical (unpaired) electrons. The van der Waals surface area contributed by atoms with E-state index in [4.69, 9.17) is 0 Å². The van der Waals surface area contributed by atoms with Crippen molar-refractivity contribution in [2.24, 2.45) is 0 Å². The highest BCUT2D eigenvalue weighted by Crippen LogP contribution is 2.25. The van der Waals surface area contributed by atoms with E-state index in [1.807, 2.05) is 20.0 Å². The van der Waals surface area contributed by atoms with Crippen LogP contribution in [0.5, 0.6) is 0 Å². The lowest BCUT2D eigenvalue weighted by Gasteiger charge is -2.21. The van der Waals surface area contributed by atoms with E-state index in [9.17, 15) is 0 Å². The van der Waals surface area contributed by atoms with Gasteiger partial charge in [-0.3, -0.25) is 4.98 Å². The van der Waals surface area contributed by atoms with E-state index in [0.29, 0.717) is 0 Å². The van der Waals surface area contributed by atoms with Crippen LogP contribution in [-0.2, 0) is 0 Å². The number of hydrogen-bond acceptors (Lipinski definition) is 3. The van der Waals surface area contributed by atoms with Gasteiger partial charge in [0, 0.05) is 36.9 Å². The molecule has 90 valence electrons. The number of hydrogen-bond donors (Lipinski definition) is 1. The quantitative estimate of drug-likeness (QED) is 0.871. The normalized spacial score (nSPS) is 10.8. The summed E-state index contributed by atoms with van der Waals surface area (Å²) in [6.45, 7) is 4.01. The number of aromatic nitrogens is 1. The van der Waals surface area contributed by atoms with Crippen LogP contribution in [0, 0.1) is 6.92 Å². The number of para-hydroxylation sites is 1. The van der Waals surface area contributed by atoms with E-state index in [-0.39, 0.29) is 0 Å². The van der Waals surface area contributed by atoms with Gasteiger partial charge >= 0.3 is 0 Å². The lowest BCUT2D eigenvalue weighted by Crippen LogP contribution is -2.27. The van der Waals surface area contributed by atoms with Crippen LogP contribution in [0.2, 0.25) is 0 Å². The minimum Gasteiger partial charge on any atom is -0.373 e. The van der Waals surface area contributed by atoms with E-state index >= 15 is 0 Å². The molecule has 3 nitrogen and oxygen atoms in total. The van der Waals surface area contributed by atoms with Crippen LogP contribution >= 0.6 is 0 Å². The summed E-state index contributed by atoms with van der Waals surface area (Å²) in [5.41, 5.74) is 3.39. The molecular weight excluding hydrogens is 210 g/mol. The molecule has 1 aromatic heterocycles. The van der Waals surface area contributed by atoms with Crippen molar-refractivity contribution in [3.8, 4) is 0 Å². The number of nitrogens with zero attached hydrogens (tertiary/aromatic N) is 2. The van der Waals surface area contributed by atoms with Crippen molar-refractivity contribution in [2.75, 3.05) is 32.1 Å². The highest BCUT2D eigenvalue weighted by molar-refractivity contribution is 5.91. The van der Waals surface area contributed by atoms with Crippen molar-refractivity contribution in [2.45, 2.75) is 6.92 Å². The SMILES string of the molecule is CNCCN(C)c1cc(C)nc2ccccc12. The second-order valence-corrected chi connectivity index (χ2v) is 4.33. The number of fused-ring (bicyclic) bond motifs is 1. The molecule has 0 aliphatic heterocycles. The van der Waals surface area contributed by atoms with Gasteiger partial charge in [0.1, 0.15) is 0 Å². The van der Waals surface area contributed by atoms with Crippen molar-refractivity contribution < 1.29 is 0 Å². The van der Waals surface area contributed by atoms with Crippen LogP contribution in [0.3, 0.4) is 0 Å². The maximum Gasteiger partial charge on any atom is 0.0726 e. The second kappa shape index (κ2) is 5.15. The molecule has 1 N–H and O–H groups in total. The van der Waals surface area contributed by atoms with Crippen molar-refractivity contribution in [3.05, 3.63) is 36.0 Å². The monoisotopic (exact) mass is 229 g/mol. The van der Waals surface area contributed by atoms with Gasteiger partial charge in [-0.05, 0) is 26.1 Å². The average molecular weight is 229 g/mol. The van der Waals surface area contributed by atoms with Gasteiger partial charge in [-0.25, -0.2) is 0 Å². The lowest BCUT2D eigenvalue weighted by molar-refractivity contribution is 0.769. The second-order valence-electron chi connectivity index (χ2n) is 4.33. The molecule has 1 heterocycles. The predicted molar refractivity (Wildman–Crippen MR) is 73.7 cm³/mol. The molecule has 0 spiro atoms. The van der Waals surface area contributed by atoms with E-state index < -0.39 is 0 Å². The van der Waals surface area contributed by atoms with E-state index in [1.54, 1.807) is 0 Å². The molecule has 0 saturated heterocycles. The third-order valence-corrected chi connectivity index (χ3v) is 2.93. The Bertz CT molecular complexity index is 508. The largest absolute Gasteiger partial charge is 0.373 e. The van der Waals surface area contributed by atoms with Gasteiger partial charge in [-0.15, -0.1) is 0 Å². The molecule has 0 unspecified atom stereocenters. The third kappa shape index (κ3) is 2.56. The summed E-state index contributed by atoms with van der Waals surface area (Å²) in [5, 5.41) is 4.39. The van der Waals surface area contributed by atoms with Gasteiger partial charge < -0.3 is 10.2 Å². The van der Waals surface area contributed by atoms with Crippen LogP contribution in [0.1, 0.15) is 5.69 Å². The maximum atomic E-state index is 4.56. The molecule has 0 amide bonds. The van der Waals surface area contributed by atoms with Gasteiger partial charge in [0.05, 0.1) is 5.52 Å². The molecular formula is C14H19N3. The first-order valence-corrected chi connectivity index (χ1v) is 5.94. The summed E-state index contributed by atoms with van der Waals surface area (Å²) in [5.74, 6) is 0. The van der Waals surface area contributed by atoms with Crippen LogP contribution in [-0.4, -0.2) is 32.2 Å². The fraction of sp³-hybridized carbons (Fsp3) is 0.357. The molecule has 2 aromatic rings. The van der Waals surface area contributed by atoms with E-state index in [2.05, 4.69) is 46.5 Å². The zero-order valence-corrected chi connectivity index (χ0v) is 10.7. The molecule has 17 heavy (non-hydrogen) atoms. The highest BCUT2D eigenvalue weighted by Gasteiger charge is 2.07. The summed E-state index contributed by atoms with van der Waals surface area (Å²) in [4.78, 5) is 6.83. The Balaban J connectivity index is 2.44. The van der Waals surface area contributed by atoms with Gasteiger partial charge in [0.25, 0.3) is 0 Å². The van der Waals surface area contributed by atoms with Crippen LogP contribution in [0.4, 0.5) is 5.69 Å². The van der Waals surface area contributed by atoms with Crippen molar-refractivity contribution >= 4 is 16.6 Å². The molecule has 1 aromatic carbocycles. The molecule has 0 aliphatic carbocycles. The van der Waals surface area contributed by atoms with Crippen LogP contribution in [0.25, 0.3) is 10.9 Å². The molecule has 0 fully saturated rings. The maximum absolute atomic E-state index is 4.56. The molecule has 0 atom stereocenters. The molecule has 0 bridgehead atoms. The minimum atomic E-state index is 0.978. The Kier molecular flexibility index (Phi) is 3.59. The Morgan fingerprint density at radius 3 is 2.82 bits per heavy atom. The standard InChI is InChI=1S/C14H19N3/c1-11-10-14(17(3)9-8-15-2)12-6-4-5-7-13(12)16-11/h4-7,10,15H,8-9H2,1-3H3. The Hall–Kier alpha value is -1.61. The highest BCUT2D eigenvalue weighted by atomic mass is 15.1. The number of likely N-dealkylation sites (N-methyl/N-ethyl adjacent to an activating group) is 2. The first-order chi connectivity index (χ1) is 8.22. The van der Waals surface area contributed by atoms with Gasteiger partial charge in [0.2, 0.25) is 0 Å². The Morgan fingerprint density at radius 2 is 2.06 bits per heavy atom. The molecule has 3 heteroatoms. The summed E-state index contributed by atoms with van der Waals surface area (Å²) in [7, 11) is 4.10. The van der Waals surface area contributed by atoms with Gasteiger partial charge in [-0.2, -0.15) is 0 Å². The van der Waals surface area contributed by atoms with E-state index in [0.717, 1.165) is 24.3 Å². The zero-order chi connectivity index (χ0) is 12.3. The van der Waals surface area contributed by atoms with Crippen molar-refractivity contribution in [1.29, 1.82) is 0 Å². The summed E-state index contributed by atoms with van der Waals surface area (Å²) < 4.78 is 0. The first-order valence-electron chi connectivity index (χ1n) is 5.94. The number of pyridine rings is 1. The van der Waals surface area contributed by atoms with Crippen molar-refractivity contribution in [3.63, 3.8) is 0 Å². The number of rotatable bonds is 4. The fourth-order valence-corrected chi connectivity index (χ4v) is 2.00. The van der Waals surface area contributed by atoms with Gasteiger partial charge in [0.15, 0.2) is 0 Å². The third-order valence-electron chi connectivity index (χ3n) is 2.93. The van der Waals surface area contributed by atoms with Gasteiger partial charge in [-0.1, -0.05) is 18.2 Å². The lowest BCUT2D eigenvalue weighted by atomic mass is 10.1. The smallest absolute Gasteiger partial charge is 0.0726 e. The Labute approximate surface area is 102 Å². The minimum absolute atomic E-state index is 0.978. The van der Waals surface area contributed by atoms with Crippen LogP contribution in [0.15, 0.2) is 30.3 Å². The topological polar surface area (TPSA) is 28.2 Å². The summed E-state index contributed by atoms with van der Waals surface area (Å²) >= 11 is 0. The molecule has 0 saturated carbocycles. The summed E-state index contributed by atoms with van der Waals surface area (Å²) in [6.07, 6.45) is 0. The average Bonchev–Trinajstić information content (AvgIpc) is 2.34. The number of anilines is 1. The fourth-order valence-electron chi connectivity index (χ4n) is 2.00.